The summed E-state index contributed by atoms with van der Waals surface area (Å²) in [5.74, 6) is 0. The molecule has 0 aromatic carbocycles. The van der Waals surface area contributed by atoms with Crippen LogP contribution in [0.3, 0.4) is 0 Å². The van der Waals surface area contributed by atoms with Crippen LogP contribution in [-0.2, 0) is 0 Å². The Labute approximate surface area is 70.0 Å². The van der Waals surface area contributed by atoms with Gasteiger partial charge in [-0.15, -0.1) is 0 Å². The molecule has 0 heterocycles. The van der Waals surface area contributed by atoms with Crippen LogP contribution in [0.2, 0.25) is 0 Å². The Morgan fingerprint density at radius 3 is 2.55 bits per heavy atom. The van der Waals surface area contributed by atoms with E-state index in [1.165, 1.54) is 19.4 Å². The van der Waals surface area contributed by atoms with Crippen molar-refractivity contribution < 1.29 is 0 Å². The molecule has 0 aliphatic heterocycles. The van der Waals surface area contributed by atoms with E-state index >= 15 is 0 Å². The van der Waals surface area contributed by atoms with E-state index in [0.29, 0.717) is 6.04 Å². The van der Waals surface area contributed by atoms with Crippen LogP contribution in [0.5, 0.6) is 0 Å². The van der Waals surface area contributed by atoms with Crippen molar-refractivity contribution in [2.24, 2.45) is 0 Å². The van der Waals surface area contributed by atoms with Crippen LogP contribution in [0.25, 0.3) is 0 Å². The molecule has 0 spiro atoms. The monoisotopic (exact) mass is 156 g/mol. The standard InChI is InChI=1S/C9H20N2/c1-4-11(9-5-6-9)8(2)7-10-3/h8-10H,4-7H2,1-3H3. The molecule has 1 aliphatic rings. The van der Waals surface area contributed by atoms with Gasteiger partial charge in [0, 0.05) is 18.6 Å². The fraction of sp³-hybridized carbons (Fsp3) is 1.00. The van der Waals surface area contributed by atoms with Crippen molar-refractivity contribution in [3.05, 3.63) is 0 Å². The Morgan fingerprint density at radius 2 is 2.18 bits per heavy atom. The van der Waals surface area contributed by atoms with Gasteiger partial charge in [0.05, 0.1) is 0 Å². The van der Waals surface area contributed by atoms with Gasteiger partial charge >= 0.3 is 0 Å². The van der Waals surface area contributed by atoms with Gasteiger partial charge in [-0.1, -0.05) is 6.92 Å². The molecule has 0 aromatic heterocycles. The molecule has 2 nitrogen and oxygen atoms in total. The van der Waals surface area contributed by atoms with Gasteiger partial charge in [0.1, 0.15) is 0 Å². The minimum absolute atomic E-state index is 0.706. The molecule has 0 saturated heterocycles. The lowest BCUT2D eigenvalue weighted by molar-refractivity contribution is 0.207. The largest absolute Gasteiger partial charge is 0.318 e. The molecule has 0 radical (unpaired) electrons. The first-order valence-electron chi connectivity index (χ1n) is 4.70. The Morgan fingerprint density at radius 1 is 1.55 bits per heavy atom. The normalized spacial score (nSPS) is 20.7. The van der Waals surface area contributed by atoms with E-state index in [4.69, 9.17) is 0 Å². The summed E-state index contributed by atoms with van der Waals surface area (Å²) < 4.78 is 0. The zero-order valence-corrected chi connectivity index (χ0v) is 7.93. The first kappa shape index (κ1) is 9.01. The molecule has 1 aliphatic carbocycles. The molecule has 0 aromatic rings. The first-order chi connectivity index (χ1) is 5.29. The van der Waals surface area contributed by atoms with Crippen LogP contribution in [0.4, 0.5) is 0 Å². The molecule has 1 fully saturated rings. The summed E-state index contributed by atoms with van der Waals surface area (Å²) in [5.41, 5.74) is 0. The number of nitrogens with one attached hydrogen (secondary N) is 1. The topological polar surface area (TPSA) is 15.3 Å². The van der Waals surface area contributed by atoms with E-state index in [2.05, 4.69) is 24.1 Å². The van der Waals surface area contributed by atoms with Crippen molar-refractivity contribution in [1.29, 1.82) is 0 Å². The second kappa shape index (κ2) is 4.07. The zero-order chi connectivity index (χ0) is 8.27. The average molecular weight is 156 g/mol. The molecule has 11 heavy (non-hydrogen) atoms. The highest BCUT2D eigenvalue weighted by Gasteiger charge is 2.30. The van der Waals surface area contributed by atoms with Crippen molar-refractivity contribution in [1.82, 2.24) is 10.2 Å². The van der Waals surface area contributed by atoms with Gasteiger partial charge in [-0.3, -0.25) is 4.90 Å². The summed E-state index contributed by atoms with van der Waals surface area (Å²) in [5, 5.41) is 3.22. The van der Waals surface area contributed by atoms with E-state index in [9.17, 15) is 0 Å². The second-order valence-corrected chi connectivity index (χ2v) is 3.47. The smallest absolute Gasteiger partial charge is 0.0195 e. The highest BCUT2D eigenvalue weighted by molar-refractivity contribution is 4.87. The number of nitrogens with zero attached hydrogens (tertiary/aromatic N) is 1. The molecule has 1 rings (SSSR count). The van der Waals surface area contributed by atoms with Crippen molar-refractivity contribution >= 4 is 0 Å². The van der Waals surface area contributed by atoms with Gasteiger partial charge in [-0.25, -0.2) is 0 Å². The number of hydrogen-bond donors (Lipinski definition) is 1. The lowest BCUT2D eigenvalue weighted by Crippen LogP contribution is -2.40. The van der Waals surface area contributed by atoms with Gasteiger partial charge in [-0.2, -0.15) is 0 Å². The van der Waals surface area contributed by atoms with Crippen LogP contribution >= 0.6 is 0 Å². The first-order valence-corrected chi connectivity index (χ1v) is 4.70. The van der Waals surface area contributed by atoms with Crippen molar-refractivity contribution in [3.8, 4) is 0 Å². The van der Waals surface area contributed by atoms with Crippen LogP contribution < -0.4 is 5.32 Å². The third-order valence-corrected chi connectivity index (χ3v) is 2.45. The number of likely N-dealkylation sites (N-methyl/N-ethyl adjacent to an activating group) is 2. The summed E-state index contributed by atoms with van der Waals surface area (Å²) >= 11 is 0. The van der Waals surface area contributed by atoms with Gasteiger partial charge in [-0.05, 0) is 33.4 Å². The summed E-state index contributed by atoms with van der Waals surface area (Å²) in [7, 11) is 2.03. The molecule has 0 bridgehead atoms. The maximum Gasteiger partial charge on any atom is 0.0195 e. The highest BCUT2D eigenvalue weighted by atomic mass is 15.2. The third kappa shape index (κ3) is 2.46. The summed E-state index contributed by atoms with van der Waals surface area (Å²) in [6.45, 7) is 6.88. The minimum Gasteiger partial charge on any atom is -0.318 e. The van der Waals surface area contributed by atoms with E-state index in [-0.39, 0.29) is 0 Å². The SMILES string of the molecule is CCN(C(C)CNC)C1CC1. The fourth-order valence-electron chi connectivity index (χ4n) is 1.75. The number of hydrogen-bond acceptors (Lipinski definition) is 2. The van der Waals surface area contributed by atoms with Crippen molar-refractivity contribution in [2.45, 2.75) is 38.8 Å². The Hall–Kier alpha value is -0.0800. The molecule has 66 valence electrons. The van der Waals surface area contributed by atoms with Gasteiger partial charge in [0.15, 0.2) is 0 Å². The van der Waals surface area contributed by atoms with Gasteiger partial charge in [0.25, 0.3) is 0 Å². The third-order valence-electron chi connectivity index (χ3n) is 2.45. The lowest BCUT2D eigenvalue weighted by Gasteiger charge is -2.27. The molecule has 1 saturated carbocycles. The minimum atomic E-state index is 0.706. The molecule has 1 unspecified atom stereocenters. The summed E-state index contributed by atoms with van der Waals surface area (Å²) in [6.07, 6.45) is 2.84. The maximum atomic E-state index is 3.22. The highest BCUT2D eigenvalue weighted by Crippen LogP contribution is 2.27. The predicted molar refractivity (Wildman–Crippen MR) is 48.8 cm³/mol. The van der Waals surface area contributed by atoms with Crippen LogP contribution in [0.15, 0.2) is 0 Å². The van der Waals surface area contributed by atoms with E-state index in [1.807, 2.05) is 7.05 Å². The fourth-order valence-corrected chi connectivity index (χ4v) is 1.75. The average Bonchev–Trinajstić information content (AvgIpc) is 2.73. The van der Waals surface area contributed by atoms with Crippen LogP contribution in [0, 0.1) is 0 Å². The second-order valence-electron chi connectivity index (χ2n) is 3.47. The van der Waals surface area contributed by atoms with E-state index in [0.717, 1.165) is 12.6 Å². The Kier molecular flexibility index (Phi) is 3.34. The Bertz CT molecular complexity index is 110. The summed E-state index contributed by atoms with van der Waals surface area (Å²) in [6, 6.07) is 1.61. The summed E-state index contributed by atoms with van der Waals surface area (Å²) in [4.78, 5) is 2.59. The molecular weight excluding hydrogens is 136 g/mol. The zero-order valence-electron chi connectivity index (χ0n) is 7.93. The van der Waals surface area contributed by atoms with Gasteiger partial charge in [0.2, 0.25) is 0 Å². The quantitative estimate of drug-likeness (QED) is 0.641. The van der Waals surface area contributed by atoms with E-state index < -0.39 is 0 Å². The van der Waals surface area contributed by atoms with Gasteiger partial charge < -0.3 is 5.32 Å². The Balaban J connectivity index is 2.27. The number of rotatable bonds is 5. The van der Waals surface area contributed by atoms with Crippen LogP contribution in [0.1, 0.15) is 26.7 Å². The van der Waals surface area contributed by atoms with Crippen molar-refractivity contribution in [3.63, 3.8) is 0 Å². The van der Waals surface area contributed by atoms with E-state index in [1.54, 1.807) is 0 Å². The van der Waals surface area contributed by atoms with Crippen molar-refractivity contribution in [2.75, 3.05) is 20.1 Å². The molecule has 1 N–H and O–H groups in total. The predicted octanol–water partition coefficient (Wildman–Crippen LogP) is 1.08. The van der Waals surface area contributed by atoms with Crippen LogP contribution in [-0.4, -0.2) is 37.1 Å². The molecule has 2 heteroatoms. The molecule has 1 atom stereocenters. The maximum absolute atomic E-state index is 3.22. The molecular formula is C9H20N2. The molecule has 0 amide bonds. The lowest BCUT2D eigenvalue weighted by atomic mass is 10.2.